The fourth-order valence-corrected chi connectivity index (χ4v) is 1.89. The quantitative estimate of drug-likeness (QED) is 0.811. The number of anilines is 1. The molecule has 5 nitrogen and oxygen atoms in total. The zero-order valence-corrected chi connectivity index (χ0v) is 12.8. The van der Waals surface area contributed by atoms with Crippen molar-refractivity contribution in [1.29, 1.82) is 0 Å². The van der Waals surface area contributed by atoms with Gasteiger partial charge in [0, 0.05) is 18.3 Å². The van der Waals surface area contributed by atoms with Crippen LogP contribution in [0.15, 0.2) is 42.6 Å². The topological polar surface area (TPSA) is 60.5 Å². The van der Waals surface area contributed by atoms with Gasteiger partial charge in [-0.05, 0) is 25.1 Å². The molecule has 128 valence electrons. The van der Waals surface area contributed by atoms with Gasteiger partial charge in [0.25, 0.3) is 0 Å². The molecule has 8 heteroatoms. The molecule has 0 spiro atoms. The van der Waals surface area contributed by atoms with Gasteiger partial charge in [-0.15, -0.1) is 13.2 Å². The number of nitrogens with zero attached hydrogens (tertiary/aromatic N) is 1. The van der Waals surface area contributed by atoms with Gasteiger partial charge in [-0.25, -0.2) is 9.78 Å². The first-order valence-electron chi connectivity index (χ1n) is 7.09. The Balaban J connectivity index is 2.02. The van der Waals surface area contributed by atoms with Crippen LogP contribution in [0.4, 0.5) is 19.0 Å². The predicted molar refractivity (Wildman–Crippen MR) is 80.6 cm³/mol. The number of carbonyl (C=O) groups excluding carboxylic acids is 1. The summed E-state index contributed by atoms with van der Waals surface area (Å²) in [6, 6.07) is 8.88. The first kappa shape index (κ1) is 17.6. The van der Waals surface area contributed by atoms with Crippen LogP contribution in [0.2, 0.25) is 0 Å². The Kier molecular flexibility index (Phi) is 5.62. The molecule has 0 aliphatic rings. The Labute approximate surface area is 136 Å². The Bertz CT molecular complexity index is 688. The SMILES string of the molecule is CCOC(=O)c1ccc(NCc2ccccc2OC(F)(F)F)nc1. The Hall–Kier alpha value is -2.77. The van der Waals surface area contributed by atoms with Crippen molar-refractivity contribution in [2.75, 3.05) is 11.9 Å². The van der Waals surface area contributed by atoms with E-state index in [1.165, 1.54) is 30.5 Å². The number of para-hydroxylation sites is 1. The first-order valence-corrected chi connectivity index (χ1v) is 7.09. The molecule has 0 unspecified atom stereocenters. The third-order valence-corrected chi connectivity index (χ3v) is 2.93. The molecule has 1 heterocycles. The molecule has 0 saturated carbocycles. The number of carbonyl (C=O) groups is 1. The van der Waals surface area contributed by atoms with Crippen LogP contribution in [0.5, 0.6) is 5.75 Å². The second-order valence-corrected chi connectivity index (χ2v) is 4.66. The molecular formula is C16H15F3N2O3. The number of pyridine rings is 1. The van der Waals surface area contributed by atoms with Gasteiger partial charge in [0.2, 0.25) is 0 Å². The van der Waals surface area contributed by atoms with E-state index in [-0.39, 0.29) is 18.9 Å². The second kappa shape index (κ2) is 7.67. The van der Waals surface area contributed by atoms with Crippen molar-refractivity contribution in [3.8, 4) is 5.75 Å². The smallest absolute Gasteiger partial charge is 0.462 e. The van der Waals surface area contributed by atoms with E-state index >= 15 is 0 Å². The lowest BCUT2D eigenvalue weighted by molar-refractivity contribution is -0.274. The molecule has 0 atom stereocenters. The lowest BCUT2D eigenvalue weighted by Gasteiger charge is -2.13. The van der Waals surface area contributed by atoms with Gasteiger partial charge in [-0.3, -0.25) is 0 Å². The number of hydrogen-bond donors (Lipinski definition) is 1. The summed E-state index contributed by atoms with van der Waals surface area (Å²) in [5, 5.41) is 2.87. The summed E-state index contributed by atoms with van der Waals surface area (Å²) >= 11 is 0. The molecule has 1 aromatic carbocycles. The van der Waals surface area contributed by atoms with Gasteiger partial charge >= 0.3 is 12.3 Å². The minimum absolute atomic E-state index is 0.0814. The third-order valence-electron chi connectivity index (χ3n) is 2.93. The lowest BCUT2D eigenvalue weighted by atomic mass is 10.2. The van der Waals surface area contributed by atoms with E-state index in [9.17, 15) is 18.0 Å². The van der Waals surface area contributed by atoms with Crippen LogP contribution in [0.25, 0.3) is 0 Å². The van der Waals surface area contributed by atoms with Gasteiger partial charge < -0.3 is 14.8 Å². The van der Waals surface area contributed by atoms with Gasteiger partial charge in [-0.2, -0.15) is 0 Å². The van der Waals surface area contributed by atoms with Crippen molar-refractivity contribution < 1.29 is 27.4 Å². The summed E-state index contributed by atoms with van der Waals surface area (Å²) in [7, 11) is 0. The number of ether oxygens (including phenoxy) is 2. The second-order valence-electron chi connectivity index (χ2n) is 4.66. The maximum atomic E-state index is 12.4. The minimum atomic E-state index is -4.75. The van der Waals surface area contributed by atoms with E-state index in [2.05, 4.69) is 15.0 Å². The van der Waals surface area contributed by atoms with Crippen LogP contribution in [-0.4, -0.2) is 23.9 Å². The van der Waals surface area contributed by atoms with Crippen LogP contribution in [0.1, 0.15) is 22.8 Å². The number of esters is 1. The number of benzene rings is 1. The number of halogens is 3. The zero-order valence-electron chi connectivity index (χ0n) is 12.8. The summed E-state index contributed by atoms with van der Waals surface area (Å²) in [5.41, 5.74) is 0.620. The van der Waals surface area contributed by atoms with Crippen molar-refractivity contribution >= 4 is 11.8 Å². The summed E-state index contributed by atoms with van der Waals surface area (Å²) in [4.78, 5) is 15.5. The van der Waals surface area contributed by atoms with E-state index in [0.29, 0.717) is 16.9 Å². The van der Waals surface area contributed by atoms with Gasteiger partial charge in [0.1, 0.15) is 11.6 Å². The van der Waals surface area contributed by atoms with Gasteiger partial charge in [0.15, 0.2) is 0 Å². The highest BCUT2D eigenvalue weighted by molar-refractivity contribution is 5.89. The summed E-state index contributed by atoms with van der Waals surface area (Å²) in [6.07, 6.45) is -3.42. The van der Waals surface area contributed by atoms with Crippen LogP contribution in [-0.2, 0) is 11.3 Å². The summed E-state index contributed by atoms with van der Waals surface area (Å²) < 4.78 is 45.9. The average Bonchev–Trinajstić information content (AvgIpc) is 2.53. The number of rotatable bonds is 6. The third kappa shape index (κ3) is 5.15. The highest BCUT2D eigenvalue weighted by Crippen LogP contribution is 2.26. The first-order chi connectivity index (χ1) is 11.4. The Morgan fingerprint density at radius 1 is 1.21 bits per heavy atom. The number of hydrogen-bond acceptors (Lipinski definition) is 5. The number of nitrogens with one attached hydrogen (secondary N) is 1. The molecule has 24 heavy (non-hydrogen) atoms. The molecule has 0 aliphatic heterocycles. The van der Waals surface area contributed by atoms with Crippen molar-refractivity contribution in [2.45, 2.75) is 19.8 Å². The van der Waals surface area contributed by atoms with E-state index in [0.717, 1.165) is 0 Å². The van der Waals surface area contributed by atoms with Crippen LogP contribution < -0.4 is 10.1 Å². The van der Waals surface area contributed by atoms with Crippen molar-refractivity contribution in [2.24, 2.45) is 0 Å². The van der Waals surface area contributed by atoms with Crippen molar-refractivity contribution in [1.82, 2.24) is 4.98 Å². The molecule has 0 aliphatic carbocycles. The summed E-state index contributed by atoms with van der Waals surface area (Å²) in [5.74, 6) is -0.356. The van der Waals surface area contributed by atoms with Crippen LogP contribution in [0, 0.1) is 0 Å². The molecule has 0 bridgehead atoms. The molecular weight excluding hydrogens is 325 g/mol. The molecule has 0 fully saturated rings. The standard InChI is InChI=1S/C16H15F3N2O3/c1-2-23-15(22)12-7-8-14(21-10-12)20-9-11-5-3-4-6-13(11)24-16(17,18)19/h3-8,10H,2,9H2,1H3,(H,20,21). The fourth-order valence-electron chi connectivity index (χ4n) is 1.89. The van der Waals surface area contributed by atoms with E-state index in [1.54, 1.807) is 19.1 Å². The maximum Gasteiger partial charge on any atom is 0.573 e. The minimum Gasteiger partial charge on any atom is -0.462 e. The number of alkyl halides is 3. The fraction of sp³-hybridized carbons (Fsp3) is 0.250. The van der Waals surface area contributed by atoms with Gasteiger partial charge in [-0.1, -0.05) is 18.2 Å². The molecule has 0 saturated heterocycles. The van der Waals surface area contributed by atoms with E-state index in [4.69, 9.17) is 4.74 Å². The maximum absolute atomic E-state index is 12.4. The molecule has 2 aromatic rings. The lowest BCUT2D eigenvalue weighted by Crippen LogP contribution is -2.18. The van der Waals surface area contributed by atoms with Crippen molar-refractivity contribution in [3.05, 3.63) is 53.7 Å². The Morgan fingerprint density at radius 3 is 2.58 bits per heavy atom. The number of aromatic nitrogens is 1. The normalized spacial score (nSPS) is 11.0. The monoisotopic (exact) mass is 340 g/mol. The van der Waals surface area contributed by atoms with Crippen molar-refractivity contribution in [3.63, 3.8) is 0 Å². The van der Waals surface area contributed by atoms with E-state index in [1.807, 2.05) is 0 Å². The summed E-state index contributed by atoms with van der Waals surface area (Å²) in [6.45, 7) is 2.04. The highest BCUT2D eigenvalue weighted by atomic mass is 19.4. The molecule has 0 amide bonds. The highest BCUT2D eigenvalue weighted by Gasteiger charge is 2.31. The van der Waals surface area contributed by atoms with Crippen LogP contribution in [0.3, 0.4) is 0 Å². The Morgan fingerprint density at radius 2 is 1.96 bits per heavy atom. The zero-order chi connectivity index (χ0) is 17.6. The van der Waals surface area contributed by atoms with E-state index < -0.39 is 12.3 Å². The molecule has 0 radical (unpaired) electrons. The molecule has 2 rings (SSSR count). The van der Waals surface area contributed by atoms with Gasteiger partial charge in [0.05, 0.1) is 12.2 Å². The largest absolute Gasteiger partial charge is 0.573 e. The molecule has 1 N–H and O–H groups in total. The predicted octanol–water partition coefficient (Wildman–Crippen LogP) is 3.77. The van der Waals surface area contributed by atoms with Crippen LogP contribution >= 0.6 is 0 Å². The molecule has 1 aromatic heterocycles. The average molecular weight is 340 g/mol.